The Balaban J connectivity index is 1.64. The van der Waals surface area contributed by atoms with E-state index in [9.17, 15) is 0 Å². The first kappa shape index (κ1) is 16.7. The van der Waals surface area contributed by atoms with Gasteiger partial charge in [0.05, 0.1) is 5.01 Å². The Morgan fingerprint density at radius 2 is 1.88 bits per heavy atom. The van der Waals surface area contributed by atoms with Crippen LogP contribution in [0.4, 0.5) is 11.5 Å². The lowest BCUT2D eigenvalue weighted by atomic mass is 10.1. The summed E-state index contributed by atoms with van der Waals surface area (Å²) < 4.78 is 0. The van der Waals surface area contributed by atoms with Crippen molar-refractivity contribution in [2.24, 2.45) is 0 Å². The Hall–Kier alpha value is -2.79. The Morgan fingerprint density at radius 3 is 2.65 bits per heavy atom. The highest BCUT2D eigenvalue weighted by atomic mass is 32.1. The van der Waals surface area contributed by atoms with Crippen molar-refractivity contribution in [1.82, 2.24) is 15.0 Å². The van der Waals surface area contributed by atoms with Gasteiger partial charge in [0.1, 0.15) is 16.7 Å². The molecule has 0 aliphatic carbocycles. The molecule has 0 aliphatic rings. The van der Waals surface area contributed by atoms with Crippen molar-refractivity contribution in [1.29, 1.82) is 0 Å². The number of rotatable bonds is 5. The molecule has 2 aromatic heterocycles. The molecular formula is C21H20N4S. The molecule has 0 saturated carbocycles. The van der Waals surface area contributed by atoms with Gasteiger partial charge in [0.15, 0.2) is 5.82 Å². The van der Waals surface area contributed by atoms with E-state index in [0.717, 1.165) is 39.7 Å². The lowest BCUT2D eigenvalue weighted by molar-refractivity contribution is 1.11. The molecule has 0 saturated heterocycles. The lowest BCUT2D eigenvalue weighted by Crippen LogP contribution is -1.97. The van der Waals surface area contributed by atoms with Crippen molar-refractivity contribution in [3.63, 3.8) is 0 Å². The summed E-state index contributed by atoms with van der Waals surface area (Å²) in [6, 6.07) is 16.8. The first-order chi connectivity index (χ1) is 12.7. The number of benzene rings is 2. The van der Waals surface area contributed by atoms with Gasteiger partial charge >= 0.3 is 0 Å². The highest BCUT2D eigenvalue weighted by Gasteiger charge is 2.11. The van der Waals surface area contributed by atoms with E-state index in [1.165, 1.54) is 16.7 Å². The fraction of sp³-hybridized carbons (Fsp3) is 0.190. The predicted molar refractivity (Wildman–Crippen MR) is 108 cm³/mol. The number of aryl methyl sites for hydroxylation is 2. The number of fused-ring (bicyclic) bond motifs is 1. The number of nitrogens with one attached hydrogen (secondary N) is 1. The Labute approximate surface area is 157 Å². The van der Waals surface area contributed by atoms with Crippen molar-refractivity contribution in [2.45, 2.75) is 26.7 Å². The highest BCUT2D eigenvalue weighted by Crippen LogP contribution is 2.28. The van der Waals surface area contributed by atoms with E-state index in [1.807, 2.05) is 6.07 Å². The molecule has 4 aromatic rings. The van der Waals surface area contributed by atoms with E-state index < -0.39 is 0 Å². The molecular weight excluding hydrogens is 340 g/mol. The molecule has 2 aromatic carbocycles. The molecule has 0 amide bonds. The van der Waals surface area contributed by atoms with E-state index >= 15 is 0 Å². The molecule has 2 heterocycles. The van der Waals surface area contributed by atoms with Gasteiger partial charge in [-0.05, 0) is 42.2 Å². The lowest BCUT2D eigenvalue weighted by Gasteiger charge is -2.09. The molecule has 1 N–H and O–H groups in total. The zero-order chi connectivity index (χ0) is 17.9. The summed E-state index contributed by atoms with van der Waals surface area (Å²) in [5.41, 5.74) is 5.76. The monoisotopic (exact) mass is 360 g/mol. The van der Waals surface area contributed by atoms with Crippen LogP contribution >= 0.6 is 11.3 Å². The quantitative estimate of drug-likeness (QED) is 0.525. The molecule has 0 spiro atoms. The van der Waals surface area contributed by atoms with E-state index in [2.05, 4.69) is 71.6 Å². The minimum atomic E-state index is 0.759. The summed E-state index contributed by atoms with van der Waals surface area (Å²) in [5.74, 6) is 0.759. The van der Waals surface area contributed by atoms with Crippen LogP contribution in [0.3, 0.4) is 0 Å². The number of hydrogen-bond acceptors (Lipinski definition) is 5. The summed E-state index contributed by atoms with van der Waals surface area (Å²) in [5, 5.41) is 4.46. The van der Waals surface area contributed by atoms with E-state index in [-0.39, 0.29) is 0 Å². The molecule has 0 atom stereocenters. The molecule has 0 fully saturated rings. The third kappa shape index (κ3) is 3.44. The van der Waals surface area contributed by atoms with Crippen LogP contribution in [0.2, 0.25) is 0 Å². The van der Waals surface area contributed by atoms with Crippen molar-refractivity contribution >= 4 is 33.2 Å². The number of nitrogens with zero attached hydrogens (tertiary/aromatic N) is 3. The fourth-order valence-electron chi connectivity index (χ4n) is 3.04. The number of anilines is 2. The van der Waals surface area contributed by atoms with Crippen LogP contribution in [0.15, 0.2) is 54.9 Å². The molecule has 4 rings (SSSR count). The molecule has 0 bridgehead atoms. The number of aromatic nitrogens is 3. The average Bonchev–Trinajstić information content (AvgIpc) is 3.06. The predicted octanol–water partition coefficient (Wildman–Crippen LogP) is 5.29. The smallest absolute Gasteiger partial charge is 0.161 e. The summed E-state index contributed by atoms with van der Waals surface area (Å²) in [4.78, 5) is 14.5. The minimum Gasteiger partial charge on any atom is -0.338 e. The molecule has 0 aliphatic heterocycles. The maximum absolute atomic E-state index is 4.79. The van der Waals surface area contributed by atoms with Gasteiger partial charge in [-0.15, -0.1) is 0 Å². The van der Waals surface area contributed by atoms with Gasteiger partial charge in [-0.2, -0.15) is 0 Å². The Bertz CT molecular complexity index is 1040. The maximum Gasteiger partial charge on any atom is 0.161 e. The topological polar surface area (TPSA) is 50.7 Å². The van der Waals surface area contributed by atoms with E-state index in [4.69, 9.17) is 4.98 Å². The zero-order valence-electron chi connectivity index (χ0n) is 14.9. The number of hydrogen-bond donors (Lipinski definition) is 1. The average molecular weight is 360 g/mol. The minimum absolute atomic E-state index is 0.759. The third-order valence-corrected chi connectivity index (χ3v) is 5.39. The van der Waals surface area contributed by atoms with Crippen LogP contribution in [-0.4, -0.2) is 15.0 Å². The molecule has 5 heteroatoms. The third-order valence-electron chi connectivity index (χ3n) is 4.42. The largest absolute Gasteiger partial charge is 0.338 e. The summed E-state index contributed by atoms with van der Waals surface area (Å²) in [6.45, 7) is 4.31. The summed E-state index contributed by atoms with van der Waals surface area (Å²) >= 11 is 1.62. The van der Waals surface area contributed by atoms with Crippen LogP contribution in [0, 0.1) is 6.92 Å². The van der Waals surface area contributed by atoms with Crippen molar-refractivity contribution < 1.29 is 0 Å². The Kier molecular flexibility index (Phi) is 4.63. The molecule has 4 nitrogen and oxygen atoms in total. The van der Waals surface area contributed by atoms with Crippen molar-refractivity contribution in [3.05, 3.63) is 76.6 Å². The number of thiazole rings is 1. The van der Waals surface area contributed by atoms with Crippen molar-refractivity contribution in [2.75, 3.05) is 5.32 Å². The van der Waals surface area contributed by atoms with Crippen LogP contribution in [0.25, 0.3) is 10.3 Å². The van der Waals surface area contributed by atoms with Gasteiger partial charge in [-0.3, -0.25) is 0 Å². The Morgan fingerprint density at radius 1 is 1.04 bits per heavy atom. The van der Waals surface area contributed by atoms with E-state index in [1.54, 1.807) is 17.7 Å². The SMILES string of the molecule is CCc1ccc(Nc2ncnc3sc(Cc4ccccc4)nc23)cc1C. The summed E-state index contributed by atoms with van der Waals surface area (Å²) in [7, 11) is 0. The second-order valence-electron chi connectivity index (χ2n) is 6.27. The zero-order valence-corrected chi connectivity index (χ0v) is 15.7. The molecule has 0 unspecified atom stereocenters. The van der Waals surface area contributed by atoms with Crippen LogP contribution < -0.4 is 5.32 Å². The van der Waals surface area contributed by atoms with Crippen molar-refractivity contribution in [3.8, 4) is 0 Å². The molecule has 26 heavy (non-hydrogen) atoms. The van der Waals surface area contributed by atoms with Crippen LogP contribution in [-0.2, 0) is 12.8 Å². The van der Waals surface area contributed by atoms with Gasteiger partial charge in [0.25, 0.3) is 0 Å². The second kappa shape index (κ2) is 7.22. The van der Waals surface area contributed by atoms with E-state index in [0.29, 0.717) is 0 Å². The highest BCUT2D eigenvalue weighted by molar-refractivity contribution is 7.18. The van der Waals surface area contributed by atoms with Gasteiger partial charge in [-0.25, -0.2) is 15.0 Å². The first-order valence-corrected chi connectivity index (χ1v) is 9.55. The molecule has 130 valence electrons. The van der Waals surface area contributed by atoms with Gasteiger partial charge in [0, 0.05) is 12.1 Å². The van der Waals surface area contributed by atoms with Gasteiger partial charge < -0.3 is 5.32 Å². The van der Waals surface area contributed by atoms with Crippen LogP contribution in [0.1, 0.15) is 28.6 Å². The standard InChI is InChI=1S/C21H20N4S/c1-3-16-9-10-17(11-14(16)2)24-20-19-21(23-13-22-20)26-18(25-19)12-15-7-5-4-6-8-15/h4-11,13H,3,12H2,1-2H3,(H,22,23,24). The van der Waals surface area contributed by atoms with Gasteiger partial charge in [0.2, 0.25) is 0 Å². The normalized spacial score (nSPS) is 11.0. The summed E-state index contributed by atoms with van der Waals surface area (Å²) in [6.07, 6.45) is 3.45. The fourth-order valence-corrected chi connectivity index (χ4v) is 3.98. The van der Waals surface area contributed by atoms with Gasteiger partial charge in [-0.1, -0.05) is 54.7 Å². The maximum atomic E-state index is 4.79. The molecule has 0 radical (unpaired) electrons. The van der Waals surface area contributed by atoms with Crippen LogP contribution in [0.5, 0.6) is 0 Å². The first-order valence-electron chi connectivity index (χ1n) is 8.74. The second-order valence-corrected chi connectivity index (χ2v) is 7.33.